The average Bonchev–Trinajstić information content (AvgIpc) is 3.57. The van der Waals surface area contributed by atoms with Crippen LogP contribution in [-0.4, -0.2) is 68.1 Å². The molecule has 0 bridgehead atoms. The fraction of sp³-hybridized carbons (Fsp3) is 0.280. The third kappa shape index (κ3) is 5.85. The number of benzene rings is 2. The van der Waals surface area contributed by atoms with E-state index in [1.165, 1.54) is 4.68 Å². The molecular formula is C25H27N9O4. The molecule has 0 aliphatic carbocycles. The number of aromatic nitrogens is 5. The lowest BCUT2D eigenvalue weighted by molar-refractivity contribution is 0.0335. The number of morpholine rings is 1. The summed E-state index contributed by atoms with van der Waals surface area (Å²) in [5.74, 6) is 0.262. The zero-order valence-electron chi connectivity index (χ0n) is 20.8. The van der Waals surface area contributed by atoms with E-state index in [0.717, 1.165) is 16.9 Å². The van der Waals surface area contributed by atoms with Gasteiger partial charge in [-0.3, -0.25) is 9.69 Å². The number of nitrogen functional groups attached to an aromatic ring is 1. The summed E-state index contributed by atoms with van der Waals surface area (Å²) >= 11 is 0. The Morgan fingerprint density at radius 1 is 1.11 bits per heavy atom. The zero-order chi connectivity index (χ0) is 26.3. The SMILES string of the molecule is C/C(=N/NC(=O)c1c(CN2CCOCC2)nnn1-c1nonc1N)c1ccc(OCc2ccccc2)cc1. The van der Waals surface area contributed by atoms with E-state index in [4.69, 9.17) is 19.8 Å². The second-order valence-corrected chi connectivity index (χ2v) is 8.59. The highest BCUT2D eigenvalue weighted by Crippen LogP contribution is 2.18. The van der Waals surface area contributed by atoms with Gasteiger partial charge in [0, 0.05) is 19.6 Å². The van der Waals surface area contributed by atoms with Crippen LogP contribution in [0.25, 0.3) is 5.82 Å². The highest BCUT2D eigenvalue weighted by atomic mass is 16.6. The Kier molecular flexibility index (Phi) is 7.66. The van der Waals surface area contributed by atoms with Gasteiger partial charge in [-0.15, -0.1) is 5.10 Å². The second kappa shape index (κ2) is 11.6. The molecule has 1 fully saturated rings. The molecule has 5 rings (SSSR count). The molecule has 3 N–H and O–H groups in total. The predicted molar refractivity (Wildman–Crippen MR) is 137 cm³/mol. The first-order chi connectivity index (χ1) is 18.6. The first-order valence-corrected chi connectivity index (χ1v) is 12.0. The maximum atomic E-state index is 13.3. The van der Waals surface area contributed by atoms with Crippen LogP contribution in [0.2, 0.25) is 0 Å². The number of anilines is 1. The number of carbonyl (C=O) groups is 1. The fourth-order valence-corrected chi connectivity index (χ4v) is 3.89. The van der Waals surface area contributed by atoms with Gasteiger partial charge < -0.3 is 15.2 Å². The topological polar surface area (TPSA) is 159 Å². The van der Waals surface area contributed by atoms with E-state index < -0.39 is 5.91 Å². The monoisotopic (exact) mass is 517 g/mol. The quantitative estimate of drug-likeness (QED) is 0.248. The molecule has 1 aliphatic rings. The molecule has 2 aromatic carbocycles. The number of nitrogens with zero attached hydrogens (tertiary/aromatic N) is 7. The van der Waals surface area contributed by atoms with Gasteiger partial charge in [0.15, 0.2) is 5.69 Å². The number of ether oxygens (including phenoxy) is 2. The van der Waals surface area contributed by atoms with Gasteiger partial charge in [-0.2, -0.15) is 9.78 Å². The molecule has 13 heteroatoms. The smallest absolute Gasteiger partial charge is 0.292 e. The van der Waals surface area contributed by atoms with Gasteiger partial charge in [-0.1, -0.05) is 35.5 Å². The van der Waals surface area contributed by atoms with E-state index in [0.29, 0.717) is 50.9 Å². The number of rotatable bonds is 9. The molecular weight excluding hydrogens is 490 g/mol. The first-order valence-electron chi connectivity index (χ1n) is 12.0. The van der Waals surface area contributed by atoms with Crippen LogP contribution in [0.3, 0.4) is 0 Å². The third-order valence-corrected chi connectivity index (χ3v) is 5.97. The van der Waals surface area contributed by atoms with E-state index in [2.05, 4.69) is 36.1 Å². The number of hydrogen-bond donors (Lipinski definition) is 2. The van der Waals surface area contributed by atoms with Gasteiger partial charge in [-0.05, 0) is 52.6 Å². The normalized spacial score (nSPS) is 14.4. The number of carbonyl (C=O) groups excluding carboxylic acids is 1. The van der Waals surface area contributed by atoms with Crippen LogP contribution in [0.1, 0.15) is 34.2 Å². The minimum Gasteiger partial charge on any atom is -0.489 e. The summed E-state index contributed by atoms with van der Waals surface area (Å²) in [7, 11) is 0. The highest BCUT2D eigenvalue weighted by molar-refractivity contribution is 6.00. The van der Waals surface area contributed by atoms with Crippen LogP contribution in [0.15, 0.2) is 64.3 Å². The van der Waals surface area contributed by atoms with Gasteiger partial charge in [0.1, 0.15) is 18.1 Å². The average molecular weight is 518 g/mol. The van der Waals surface area contributed by atoms with Crippen molar-refractivity contribution in [1.82, 2.24) is 35.6 Å². The van der Waals surface area contributed by atoms with Crippen molar-refractivity contribution in [2.24, 2.45) is 5.10 Å². The summed E-state index contributed by atoms with van der Waals surface area (Å²) in [6.07, 6.45) is 0. The van der Waals surface area contributed by atoms with Crippen LogP contribution < -0.4 is 15.9 Å². The predicted octanol–water partition coefficient (Wildman–Crippen LogP) is 1.80. The Hall–Kier alpha value is -4.62. The van der Waals surface area contributed by atoms with Crippen molar-refractivity contribution in [3.63, 3.8) is 0 Å². The third-order valence-electron chi connectivity index (χ3n) is 5.97. The Morgan fingerprint density at radius 2 is 1.87 bits per heavy atom. The van der Waals surface area contributed by atoms with Crippen molar-refractivity contribution in [2.75, 3.05) is 32.0 Å². The maximum absolute atomic E-state index is 13.3. The molecule has 0 atom stereocenters. The van der Waals surface area contributed by atoms with Crippen LogP contribution in [0, 0.1) is 0 Å². The largest absolute Gasteiger partial charge is 0.489 e. The Balaban J connectivity index is 1.29. The Labute approximate surface area is 218 Å². The highest BCUT2D eigenvalue weighted by Gasteiger charge is 2.26. The molecule has 1 saturated heterocycles. The van der Waals surface area contributed by atoms with E-state index in [1.807, 2.05) is 54.6 Å². The minimum absolute atomic E-state index is 0.0175. The van der Waals surface area contributed by atoms with E-state index in [1.54, 1.807) is 6.92 Å². The molecule has 13 nitrogen and oxygen atoms in total. The molecule has 0 saturated carbocycles. The first kappa shape index (κ1) is 25.0. The summed E-state index contributed by atoms with van der Waals surface area (Å²) in [5, 5.41) is 19.9. The summed E-state index contributed by atoms with van der Waals surface area (Å²) < 4.78 is 17.1. The van der Waals surface area contributed by atoms with Crippen LogP contribution in [-0.2, 0) is 17.9 Å². The van der Waals surface area contributed by atoms with E-state index in [9.17, 15) is 4.79 Å². The molecule has 1 aliphatic heterocycles. The van der Waals surface area contributed by atoms with Crippen molar-refractivity contribution < 1.29 is 18.9 Å². The van der Waals surface area contributed by atoms with Crippen molar-refractivity contribution in [3.8, 4) is 11.6 Å². The minimum atomic E-state index is -0.525. The van der Waals surface area contributed by atoms with Gasteiger partial charge in [0.2, 0.25) is 11.6 Å². The van der Waals surface area contributed by atoms with Crippen LogP contribution in [0.4, 0.5) is 5.82 Å². The van der Waals surface area contributed by atoms with Gasteiger partial charge in [0.05, 0.1) is 18.9 Å². The van der Waals surface area contributed by atoms with Crippen molar-refractivity contribution in [2.45, 2.75) is 20.1 Å². The molecule has 38 heavy (non-hydrogen) atoms. The second-order valence-electron chi connectivity index (χ2n) is 8.59. The number of amides is 1. The number of nitrogens with one attached hydrogen (secondary N) is 1. The van der Waals surface area contributed by atoms with E-state index in [-0.39, 0.29) is 17.3 Å². The Bertz CT molecular complexity index is 1390. The summed E-state index contributed by atoms with van der Waals surface area (Å²) in [4.78, 5) is 15.4. The van der Waals surface area contributed by atoms with Gasteiger partial charge in [-0.25, -0.2) is 10.1 Å². The molecule has 196 valence electrons. The molecule has 1 amide bonds. The molecule has 2 aromatic heterocycles. The Morgan fingerprint density at radius 3 is 2.58 bits per heavy atom. The summed E-state index contributed by atoms with van der Waals surface area (Å²) in [5.41, 5.74) is 11.5. The summed E-state index contributed by atoms with van der Waals surface area (Å²) in [6.45, 7) is 5.30. The molecule has 0 unspecified atom stereocenters. The van der Waals surface area contributed by atoms with Crippen LogP contribution >= 0.6 is 0 Å². The van der Waals surface area contributed by atoms with Crippen molar-refractivity contribution >= 4 is 17.4 Å². The molecule has 4 aromatic rings. The maximum Gasteiger partial charge on any atom is 0.292 e. The fourth-order valence-electron chi connectivity index (χ4n) is 3.89. The summed E-state index contributed by atoms with van der Waals surface area (Å²) in [6, 6.07) is 17.4. The molecule has 3 heterocycles. The lowest BCUT2D eigenvalue weighted by atomic mass is 10.1. The molecule has 0 spiro atoms. The number of hydrazone groups is 1. The molecule has 0 radical (unpaired) electrons. The van der Waals surface area contributed by atoms with Crippen LogP contribution in [0.5, 0.6) is 5.75 Å². The lowest BCUT2D eigenvalue weighted by Crippen LogP contribution is -2.36. The van der Waals surface area contributed by atoms with Crippen molar-refractivity contribution in [1.29, 1.82) is 0 Å². The number of nitrogens with two attached hydrogens (primary N) is 1. The van der Waals surface area contributed by atoms with E-state index >= 15 is 0 Å². The van der Waals surface area contributed by atoms with Gasteiger partial charge in [0.25, 0.3) is 5.91 Å². The van der Waals surface area contributed by atoms with Crippen molar-refractivity contribution in [3.05, 3.63) is 77.1 Å². The number of hydrogen-bond acceptors (Lipinski definition) is 11. The van der Waals surface area contributed by atoms with Gasteiger partial charge >= 0.3 is 0 Å². The standard InChI is InChI=1S/C25H27N9O4/c1-17(19-7-9-20(10-8-19)37-16-18-5-3-2-4-6-18)27-29-25(35)22-21(15-33-11-13-36-14-12-33)28-32-34(22)24-23(26)30-38-31-24/h2-10H,11-16H2,1H3,(H2,26,30)(H,29,35)/b27-17-. The zero-order valence-corrected chi connectivity index (χ0v) is 20.8. The lowest BCUT2D eigenvalue weighted by Gasteiger charge is -2.25.